The van der Waals surface area contributed by atoms with Crippen LogP contribution in [0.1, 0.15) is 13.3 Å². The number of carbonyl (C=O) groups excluding carboxylic acids is 2. The standard InChI is InChI=1S/C39H66N2O31/c1-11(49)41-19-30(69-37-28(60)33(24(56)17(7-46)66-37)72-39(38(61)62)2-13(50)20(52)32(71-39)21(53)14(51)4-43)22(54)15(5-44)64-34(19)70-31-23(55)16(6-45)65-36(27(31)59)68-29-18(8-47)67-35(26(58)25(29)57)63-9-12(3-42)40-10-48/h10,12-37,42-47,50-60H,2-9H2,1H3,(H,40,48)(H,41,49)(H,61,62)/t12-,13+,14-,15-,16-,17-,18-,19-,20-,21-,22-,23+,24+,25-,26-,27-,28-,29-,30-,31+,32-,33+,34+,35-,36+,37+,39+/m1/s1. The van der Waals surface area contributed by atoms with Gasteiger partial charge in [-0.1, -0.05) is 0 Å². The van der Waals surface area contributed by atoms with Crippen molar-refractivity contribution in [2.24, 2.45) is 0 Å². The van der Waals surface area contributed by atoms with Gasteiger partial charge in [0.25, 0.3) is 5.79 Å². The van der Waals surface area contributed by atoms with Gasteiger partial charge in [-0.2, -0.15) is 0 Å². The molecular weight excluding hydrogens is 992 g/mol. The van der Waals surface area contributed by atoms with Gasteiger partial charge in [0, 0.05) is 13.3 Å². The Labute approximate surface area is 407 Å². The minimum Gasteiger partial charge on any atom is -0.477 e. The Kier molecular flexibility index (Phi) is 22.1. The minimum absolute atomic E-state index is 0.267. The number of hydrogen-bond donors (Lipinski definition) is 20. The summed E-state index contributed by atoms with van der Waals surface area (Å²) in [5.74, 6) is -6.22. The van der Waals surface area contributed by atoms with Gasteiger partial charge in [0.05, 0.1) is 58.4 Å². The fraction of sp³-hybridized carbons (Fsp3) is 0.923. The Morgan fingerprint density at radius 2 is 1.12 bits per heavy atom. The fourth-order valence-corrected chi connectivity index (χ4v) is 8.68. The average Bonchev–Trinajstić information content (AvgIpc) is 3.35. The van der Waals surface area contributed by atoms with E-state index in [-0.39, 0.29) is 6.41 Å². The monoisotopic (exact) mass is 1060 g/mol. The Bertz CT molecular complexity index is 1710. The summed E-state index contributed by atoms with van der Waals surface area (Å²) < 4.78 is 56.5. The van der Waals surface area contributed by atoms with E-state index in [0.717, 1.165) is 6.92 Å². The Morgan fingerprint density at radius 1 is 0.625 bits per heavy atom. The molecule has 33 nitrogen and oxygen atoms in total. The second-order valence-corrected chi connectivity index (χ2v) is 17.6. The minimum atomic E-state index is -3.20. The molecule has 2 amide bonds. The van der Waals surface area contributed by atoms with E-state index >= 15 is 0 Å². The third-order valence-corrected chi connectivity index (χ3v) is 12.7. The summed E-state index contributed by atoms with van der Waals surface area (Å²) in [6, 6.07) is -2.85. The summed E-state index contributed by atoms with van der Waals surface area (Å²) in [5.41, 5.74) is 0. The van der Waals surface area contributed by atoms with Crippen LogP contribution in [0.25, 0.3) is 0 Å². The predicted octanol–water partition coefficient (Wildman–Crippen LogP) is -13.4. The molecule has 5 aliphatic rings. The highest BCUT2D eigenvalue weighted by atomic mass is 16.8. The topological polar surface area (TPSA) is 532 Å². The number of ether oxygens (including phenoxy) is 10. The molecule has 27 atom stereocenters. The van der Waals surface area contributed by atoms with E-state index in [9.17, 15) is 106 Å². The summed E-state index contributed by atoms with van der Waals surface area (Å²) in [7, 11) is 0. The second kappa shape index (κ2) is 26.4. The first-order chi connectivity index (χ1) is 34.1. The van der Waals surface area contributed by atoms with Crippen molar-refractivity contribution in [3.8, 4) is 0 Å². The van der Waals surface area contributed by atoms with Gasteiger partial charge in [0.15, 0.2) is 25.2 Å². The largest absolute Gasteiger partial charge is 0.477 e. The normalized spacial score (nSPS) is 45.1. The number of nitrogens with one attached hydrogen (secondary N) is 2. The zero-order valence-electron chi connectivity index (χ0n) is 38.1. The van der Waals surface area contributed by atoms with E-state index in [0.29, 0.717) is 0 Å². The van der Waals surface area contributed by atoms with E-state index in [1.165, 1.54) is 0 Å². The molecule has 5 saturated heterocycles. The maximum absolute atomic E-state index is 12.8. The van der Waals surface area contributed by atoms with E-state index in [2.05, 4.69) is 10.6 Å². The number of aliphatic hydroxyl groups is 17. The van der Waals surface area contributed by atoms with Crippen molar-refractivity contribution in [3.63, 3.8) is 0 Å². The van der Waals surface area contributed by atoms with E-state index in [4.69, 9.17) is 47.4 Å². The third kappa shape index (κ3) is 13.1. The first-order valence-electron chi connectivity index (χ1n) is 22.5. The molecule has 20 N–H and O–H groups in total. The first kappa shape index (κ1) is 60.2. The van der Waals surface area contributed by atoms with Crippen LogP contribution in [-0.2, 0) is 61.8 Å². The van der Waals surface area contributed by atoms with E-state index in [1.54, 1.807) is 0 Å². The van der Waals surface area contributed by atoms with Gasteiger partial charge < -0.3 is 150 Å². The third-order valence-electron chi connectivity index (χ3n) is 12.7. The summed E-state index contributed by atoms with van der Waals surface area (Å²) >= 11 is 0. The van der Waals surface area contributed by atoms with Crippen molar-refractivity contribution in [1.29, 1.82) is 0 Å². The molecule has 0 bridgehead atoms. The van der Waals surface area contributed by atoms with Crippen LogP contribution in [0, 0.1) is 0 Å². The molecule has 33 heteroatoms. The lowest BCUT2D eigenvalue weighted by molar-refractivity contribution is -0.392. The van der Waals surface area contributed by atoms with Gasteiger partial charge in [-0.3, -0.25) is 9.59 Å². The molecule has 5 aliphatic heterocycles. The van der Waals surface area contributed by atoms with E-state index < -0.39 is 230 Å². The maximum atomic E-state index is 12.8. The molecule has 0 unspecified atom stereocenters. The molecule has 5 rings (SSSR count). The lowest BCUT2D eigenvalue weighted by Crippen LogP contribution is -2.71. The van der Waals surface area contributed by atoms with Crippen molar-refractivity contribution < 1.29 is 154 Å². The molecule has 72 heavy (non-hydrogen) atoms. The number of carboxylic acid groups (broad SMARTS) is 1. The maximum Gasteiger partial charge on any atom is 0.364 e. The van der Waals surface area contributed by atoms with Crippen LogP contribution in [0.2, 0.25) is 0 Å². The molecule has 0 spiro atoms. The number of carboxylic acids is 1. The average molecular weight is 1060 g/mol. The Morgan fingerprint density at radius 3 is 1.64 bits per heavy atom. The molecule has 0 aromatic heterocycles. The number of rotatable bonds is 23. The van der Waals surface area contributed by atoms with Crippen molar-refractivity contribution in [2.45, 2.75) is 178 Å². The molecule has 0 aromatic rings. The van der Waals surface area contributed by atoms with Crippen molar-refractivity contribution in [2.75, 3.05) is 46.2 Å². The molecule has 0 aliphatic carbocycles. The smallest absolute Gasteiger partial charge is 0.364 e. The summed E-state index contributed by atoms with van der Waals surface area (Å²) in [6.45, 7) is -5.40. The fourth-order valence-electron chi connectivity index (χ4n) is 8.68. The SMILES string of the molecule is CC(=O)N[C@H]1[C@H](O[C@H]2[C@@H](O)[C@@H](CO)O[C@@H](O[C@H]3[C@H](O)[C@@H](O)[C@H](OC[C@@H](CO)NC=O)O[C@@H]3CO)[C@@H]2O)O[C@H](CO)[C@@H](O)[C@@H]1O[C@@H]1O[C@H](CO)[C@H](O)[C@H](O[C@]2(C(=O)O)C[C@H](O)[C@@H](O)[C@H]([C@H](O)[C@H](O)CO)O2)[C@H]1O. The predicted molar refractivity (Wildman–Crippen MR) is 219 cm³/mol. The molecule has 5 fully saturated rings. The molecular formula is C39H66N2O31. The Hall–Kier alpha value is -2.67. The lowest BCUT2D eigenvalue weighted by atomic mass is 9.90. The second-order valence-electron chi connectivity index (χ2n) is 17.6. The molecule has 0 saturated carbocycles. The van der Waals surface area contributed by atoms with Gasteiger partial charge >= 0.3 is 5.97 Å². The van der Waals surface area contributed by atoms with Gasteiger partial charge in [-0.05, 0) is 0 Å². The highest BCUT2D eigenvalue weighted by Crippen LogP contribution is 2.39. The molecule has 0 radical (unpaired) electrons. The van der Waals surface area contributed by atoms with Crippen LogP contribution in [0.3, 0.4) is 0 Å². The van der Waals surface area contributed by atoms with Gasteiger partial charge in [0.2, 0.25) is 12.3 Å². The van der Waals surface area contributed by atoms with Crippen LogP contribution < -0.4 is 10.6 Å². The number of amides is 2. The Balaban J connectivity index is 1.41. The van der Waals surface area contributed by atoms with Crippen molar-refractivity contribution in [1.82, 2.24) is 10.6 Å². The number of hydrogen-bond acceptors (Lipinski definition) is 30. The zero-order chi connectivity index (χ0) is 53.5. The summed E-state index contributed by atoms with van der Waals surface area (Å²) in [5, 5.41) is 196. The van der Waals surface area contributed by atoms with Crippen LogP contribution in [0.5, 0.6) is 0 Å². The molecule has 5 heterocycles. The zero-order valence-corrected chi connectivity index (χ0v) is 38.1. The lowest BCUT2D eigenvalue weighted by Gasteiger charge is -2.51. The number of aliphatic carboxylic acids is 1. The molecule has 0 aromatic carbocycles. The van der Waals surface area contributed by atoms with Crippen LogP contribution in [0.15, 0.2) is 0 Å². The van der Waals surface area contributed by atoms with Gasteiger partial charge in [-0.25, -0.2) is 4.79 Å². The van der Waals surface area contributed by atoms with Crippen LogP contribution in [-0.4, -0.2) is 322 Å². The van der Waals surface area contributed by atoms with Crippen LogP contribution in [0.4, 0.5) is 0 Å². The number of aliphatic hydroxyl groups excluding tert-OH is 17. The highest BCUT2D eigenvalue weighted by molar-refractivity contribution is 5.76. The van der Waals surface area contributed by atoms with Gasteiger partial charge in [0.1, 0.15) is 122 Å². The number of carbonyl (C=O) groups is 3. The summed E-state index contributed by atoms with van der Waals surface area (Å²) in [4.78, 5) is 36.4. The van der Waals surface area contributed by atoms with Crippen molar-refractivity contribution >= 4 is 18.3 Å². The quantitative estimate of drug-likeness (QED) is 0.0423. The highest BCUT2D eigenvalue weighted by Gasteiger charge is 2.61. The molecule has 418 valence electrons. The van der Waals surface area contributed by atoms with Crippen molar-refractivity contribution in [3.05, 3.63) is 0 Å². The van der Waals surface area contributed by atoms with Gasteiger partial charge in [-0.15, -0.1) is 0 Å². The van der Waals surface area contributed by atoms with Crippen LogP contribution >= 0.6 is 0 Å². The van der Waals surface area contributed by atoms with E-state index in [1.807, 2.05) is 0 Å². The summed E-state index contributed by atoms with van der Waals surface area (Å²) in [6.07, 6.45) is -49.8. The first-order valence-corrected chi connectivity index (χ1v) is 22.5.